The maximum Gasteiger partial charge on any atom is 0.0838 e. The van der Waals surface area contributed by atoms with Gasteiger partial charge in [0.2, 0.25) is 0 Å². The molecule has 0 heterocycles. The first kappa shape index (κ1) is 16.2. The Morgan fingerprint density at radius 3 is 1.68 bits per heavy atom. The van der Waals surface area contributed by atoms with Crippen LogP contribution in [0.3, 0.4) is 0 Å². The van der Waals surface area contributed by atoms with Crippen molar-refractivity contribution in [2.75, 3.05) is 0 Å². The van der Waals surface area contributed by atoms with E-state index >= 15 is 0 Å². The monoisotopic (exact) mass is 264 g/mol. The quantitative estimate of drug-likeness (QED) is 0.873. The van der Waals surface area contributed by atoms with Gasteiger partial charge in [-0.05, 0) is 28.4 Å². The lowest BCUT2D eigenvalue weighted by atomic mass is 9.83. The van der Waals surface area contributed by atoms with Gasteiger partial charge in [0.05, 0.1) is 12.2 Å². The minimum atomic E-state index is -0.464. The molecule has 0 saturated heterocycles. The number of aliphatic hydroxyl groups excluding tert-OH is 2. The average Bonchev–Trinajstić information content (AvgIpc) is 2.26. The zero-order valence-electron chi connectivity index (χ0n) is 13.1. The molecule has 0 spiro atoms. The molecule has 0 fully saturated rings. The van der Waals surface area contributed by atoms with Gasteiger partial charge >= 0.3 is 0 Å². The van der Waals surface area contributed by atoms with Crippen molar-refractivity contribution < 1.29 is 10.2 Å². The molecular weight excluding hydrogens is 236 g/mol. The molecular formula is C17H28O2. The molecule has 0 aliphatic carbocycles. The lowest BCUT2D eigenvalue weighted by Gasteiger charge is -2.27. The Balaban J connectivity index is 2.78. The van der Waals surface area contributed by atoms with Crippen LogP contribution in [-0.2, 0) is 6.42 Å². The van der Waals surface area contributed by atoms with Crippen LogP contribution in [0.5, 0.6) is 0 Å². The topological polar surface area (TPSA) is 40.5 Å². The second kappa shape index (κ2) is 5.64. The van der Waals surface area contributed by atoms with E-state index in [2.05, 4.69) is 0 Å². The van der Waals surface area contributed by atoms with E-state index in [1.165, 1.54) is 0 Å². The molecule has 0 saturated carbocycles. The zero-order valence-corrected chi connectivity index (χ0v) is 13.1. The van der Waals surface area contributed by atoms with Crippen LogP contribution in [0.25, 0.3) is 0 Å². The van der Waals surface area contributed by atoms with Crippen molar-refractivity contribution in [3.05, 3.63) is 35.4 Å². The minimum absolute atomic E-state index is 0.108. The van der Waals surface area contributed by atoms with E-state index in [1.807, 2.05) is 65.8 Å². The smallest absolute Gasteiger partial charge is 0.0838 e. The van der Waals surface area contributed by atoms with E-state index in [4.69, 9.17) is 0 Å². The second-order valence-corrected chi connectivity index (χ2v) is 7.60. The number of hydrogen-bond acceptors (Lipinski definition) is 2. The van der Waals surface area contributed by atoms with Crippen LogP contribution in [-0.4, -0.2) is 16.3 Å². The number of aliphatic hydroxyl groups is 2. The predicted molar refractivity (Wildman–Crippen MR) is 80.0 cm³/mol. The highest BCUT2D eigenvalue weighted by Gasteiger charge is 2.24. The maximum atomic E-state index is 10.2. The molecule has 1 aromatic carbocycles. The Kier molecular flexibility index (Phi) is 4.81. The minimum Gasteiger partial charge on any atom is -0.392 e. The van der Waals surface area contributed by atoms with Crippen molar-refractivity contribution in [1.82, 2.24) is 0 Å². The highest BCUT2D eigenvalue weighted by Crippen LogP contribution is 2.32. The van der Waals surface area contributed by atoms with Crippen LogP contribution in [0.1, 0.15) is 58.8 Å². The molecule has 0 radical (unpaired) electrons. The third-order valence-corrected chi connectivity index (χ3v) is 3.54. The summed E-state index contributed by atoms with van der Waals surface area (Å²) in [7, 11) is 0. The summed E-state index contributed by atoms with van der Waals surface area (Å²) in [6.45, 7) is 12.2. The fourth-order valence-corrected chi connectivity index (χ4v) is 1.87. The SMILES string of the molecule is CC(C)(C)C(O)Cc1ccc(C(O)C(C)(C)C)cc1. The molecule has 0 amide bonds. The molecule has 2 nitrogen and oxygen atoms in total. The van der Waals surface area contributed by atoms with E-state index in [-0.39, 0.29) is 16.9 Å². The molecule has 0 bridgehead atoms. The van der Waals surface area contributed by atoms with Crippen LogP contribution < -0.4 is 0 Å². The maximum absolute atomic E-state index is 10.2. The average molecular weight is 264 g/mol. The van der Waals surface area contributed by atoms with Gasteiger partial charge in [-0.25, -0.2) is 0 Å². The van der Waals surface area contributed by atoms with Gasteiger partial charge in [-0.1, -0.05) is 65.8 Å². The number of benzene rings is 1. The van der Waals surface area contributed by atoms with Gasteiger partial charge in [0.15, 0.2) is 0 Å². The molecule has 2 unspecified atom stereocenters. The van der Waals surface area contributed by atoms with Crippen molar-refractivity contribution in [3.8, 4) is 0 Å². The Morgan fingerprint density at radius 1 is 0.842 bits per heavy atom. The molecule has 1 rings (SSSR count). The molecule has 2 heteroatoms. The van der Waals surface area contributed by atoms with Gasteiger partial charge in [-0.3, -0.25) is 0 Å². The summed E-state index contributed by atoms with van der Waals surface area (Å²) in [5.74, 6) is 0. The molecule has 1 aromatic rings. The van der Waals surface area contributed by atoms with E-state index in [9.17, 15) is 10.2 Å². The van der Waals surface area contributed by atoms with Crippen LogP contribution in [0.15, 0.2) is 24.3 Å². The summed E-state index contributed by atoms with van der Waals surface area (Å²) < 4.78 is 0. The lowest BCUT2D eigenvalue weighted by molar-refractivity contribution is 0.0617. The summed E-state index contributed by atoms with van der Waals surface area (Å²) in [5, 5.41) is 20.3. The Bertz CT molecular complexity index is 393. The van der Waals surface area contributed by atoms with Crippen LogP contribution in [0.4, 0.5) is 0 Å². The molecule has 0 aromatic heterocycles. The lowest BCUT2D eigenvalue weighted by Crippen LogP contribution is -2.28. The highest BCUT2D eigenvalue weighted by atomic mass is 16.3. The molecule has 0 aliphatic heterocycles. The van der Waals surface area contributed by atoms with Crippen LogP contribution >= 0.6 is 0 Å². The van der Waals surface area contributed by atoms with E-state index in [0.717, 1.165) is 11.1 Å². The van der Waals surface area contributed by atoms with Crippen molar-refractivity contribution in [2.45, 2.75) is 60.2 Å². The summed E-state index contributed by atoms with van der Waals surface area (Å²) in [6.07, 6.45) is -0.171. The van der Waals surface area contributed by atoms with E-state index in [1.54, 1.807) is 0 Å². The fourth-order valence-electron chi connectivity index (χ4n) is 1.87. The summed E-state index contributed by atoms with van der Waals surface area (Å²) in [4.78, 5) is 0. The zero-order chi connectivity index (χ0) is 14.8. The largest absolute Gasteiger partial charge is 0.392 e. The van der Waals surface area contributed by atoms with E-state index in [0.29, 0.717) is 6.42 Å². The second-order valence-electron chi connectivity index (χ2n) is 7.60. The number of hydrogen-bond donors (Lipinski definition) is 2. The third kappa shape index (κ3) is 4.63. The number of rotatable bonds is 3. The van der Waals surface area contributed by atoms with Gasteiger partial charge in [0.25, 0.3) is 0 Å². The molecule has 2 atom stereocenters. The van der Waals surface area contributed by atoms with Crippen molar-refractivity contribution in [3.63, 3.8) is 0 Å². The normalized spacial score (nSPS) is 16.2. The Labute approximate surface area is 117 Å². The van der Waals surface area contributed by atoms with Gasteiger partial charge < -0.3 is 10.2 Å². The van der Waals surface area contributed by atoms with Crippen LogP contribution in [0, 0.1) is 10.8 Å². The highest BCUT2D eigenvalue weighted by molar-refractivity contribution is 5.25. The van der Waals surface area contributed by atoms with Gasteiger partial charge in [0, 0.05) is 0 Å². The summed E-state index contributed by atoms with van der Waals surface area (Å²) in [6, 6.07) is 7.92. The first-order chi connectivity index (χ1) is 8.51. The molecule has 0 aliphatic rings. The van der Waals surface area contributed by atoms with Gasteiger partial charge in [-0.2, -0.15) is 0 Å². The molecule has 108 valence electrons. The third-order valence-electron chi connectivity index (χ3n) is 3.54. The van der Waals surface area contributed by atoms with Crippen molar-refractivity contribution in [1.29, 1.82) is 0 Å². The van der Waals surface area contributed by atoms with E-state index < -0.39 is 6.10 Å². The first-order valence-corrected chi connectivity index (χ1v) is 6.97. The first-order valence-electron chi connectivity index (χ1n) is 6.97. The van der Waals surface area contributed by atoms with Crippen LogP contribution in [0.2, 0.25) is 0 Å². The molecule has 2 N–H and O–H groups in total. The van der Waals surface area contributed by atoms with Gasteiger partial charge in [0.1, 0.15) is 0 Å². The van der Waals surface area contributed by atoms with Crippen molar-refractivity contribution >= 4 is 0 Å². The summed E-state index contributed by atoms with van der Waals surface area (Å²) >= 11 is 0. The van der Waals surface area contributed by atoms with Gasteiger partial charge in [-0.15, -0.1) is 0 Å². The predicted octanol–water partition coefficient (Wildman–Crippen LogP) is 3.72. The Hall–Kier alpha value is -0.860. The van der Waals surface area contributed by atoms with Crippen molar-refractivity contribution in [2.24, 2.45) is 10.8 Å². The molecule has 19 heavy (non-hydrogen) atoms. The summed E-state index contributed by atoms with van der Waals surface area (Å²) in [5.41, 5.74) is 1.77. The fraction of sp³-hybridized carbons (Fsp3) is 0.647. The Morgan fingerprint density at radius 2 is 1.32 bits per heavy atom. The standard InChI is InChI=1S/C17H28O2/c1-16(2,3)14(18)11-12-7-9-13(10-8-12)15(19)17(4,5)6/h7-10,14-15,18-19H,11H2,1-6H3.